The largest absolute Gasteiger partial charge is 0.416 e. The van der Waals surface area contributed by atoms with Crippen molar-refractivity contribution in [3.8, 4) is 5.69 Å². The number of hydrogen-bond donors (Lipinski definition) is 1. The number of amides is 1. The Hall–Kier alpha value is -3.66. The molecule has 4 aromatic rings. The topological polar surface area (TPSA) is 81.8 Å². The Morgan fingerprint density at radius 1 is 1.15 bits per heavy atom. The van der Waals surface area contributed by atoms with Crippen LogP contribution in [0.4, 0.5) is 18.9 Å². The fourth-order valence-electron chi connectivity index (χ4n) is 3.52. The van der Waals surface area contributed by atoms with E-state index in [9.17, 15) is 22.8 Å². The summed E-state index contributed by atoms with van der Waals surface area (Å²) in [5.74, 6) is -0.848. The van der Waals surface area contributed by atoms with Gasteiger partial charge in [0.15, 0.2) is 0 Å². The summed E-state index contributed by atoms with van der Waals surface area (Å²) in [6, 6.07) is 11.6. The van der Waals surface area contributed by atoms with Crippen molar-refractivity contribution in [3.05, 3.63) is 81.4 Å². The lowest BCUT2D eigenvalue weighted by atomic mass is 10.1. The fraction of sp³-hybridized carbons (Fsp3) is 0.217. The molecule has 0 saturated heterocycles. The van der Waals surface area contributed by atoms with Gasteiger partial charge >= 0.3 is 6.18 Å². The van der Waals surface area contributed by atoms with Gasteiger partial charge in [0, 0.05) is 5.39 Å². The zero-order valence-corrected chi connectivity index (χ0v) is 18.9. The SMILES string of the molecule is CC(C)c1nn(CC(=O)Nc2cc(C(F)(F)F)ccc2Cl)c(=O)c2c1cnn2-c1ccccc1. The van der Waals surface area contributed by atoms with Gasteiger partial charge in [0.25, 0.3) is 5.56 Å². The van der Waals surface area contributed by atoms with Crippen molar-refractivity contribution in [1.29, 1.82) is 0 Å². The maximum absolute atomic E-state index is 13.3. The monoisotopic (exact) mass is 489 g/mol. The van der Waals surface area contributed by atoms with E-state index in [4.69, 9.17) is 11.6 Å². The molecule has 0 bridgehead atoms. The van der Waals surface area contributed by atoms with Crippen LogP contribution in [0.2, 0.25) is 5.02 Å². The first-order chi connectivity index (χ1) is 16.1. The van der Waals surface area contributed by atoms with Gasteiger partial charge in [0.1, 0.15) is 12.1 Å². The third-order valence-corrected chi connectivity index (χ3v) is 5.45. The number of alkyl halides is 3. The van der Waals surface area contributed by atoms with Crippen molar-refractivity contribution in [2.45, 2.75) is 32.5 Å². The molecule has 4 rings (SSSR count). The first kappa shape index (κ1) is 23.5. The molecule has 1 amide bonds. The van der Waals surface area contributed by atoms with Crippen molar-refractivity contribution in [1.82, 2.24) is 19.6 Å². The van der Waals surface area contributed by atoms with E-state index < -0.39 is 29.8 Å². The second-order valence-corrected chi connectivity index (χ2v) is 8.30. The molecule has 11 heteroatoms. The van der Waals surface area contributed by atoms with Gasteiger partial charge in [-0.15, -0.1) is 0 Å². The lowest BCUT2D eigenvalue weighted by Gasteiger charge is -2.14. The third-order valence-electron chi connectivity index (χ3n) is 5.12. The van der Waals surface area contributed by atoms with Crippen LogP contribution in [0.3, 0.4) is 0 Å². The van der Waals surface area contributed by atoms with Crippen molar-refractivity contribution in [3.63, 3.8) is 0 Å². The lowest BCUT2D eigenvalue weighted by Crippen LogP contribution is -2.31. The second-order valence-electron chi connectivity index (χ2n) is 7.90. The maximum Gasteiger partial charge on any atom is 0.416 e. The van der Waals surface area contributed by atoms with Gasteiger partial charge in [-0.2, -0.15) is 23.4 Å². The number of para-hydroxylation sites is 1. The second kappa shape index (κ2) is 8.94. The molecule has 0 aliphatic heterocycles. The highest BCUT2D eigenvalue weighted by molar-refractivity contribution is 6.33. The van der Waals surface area contributed by atoms with E-state index in [2.05, 4.69) is 15.5 Å². The molecular weight excluding hydrogens is 471 g/mol. The molecule has 2 aromatic carbocycles. The molecular formula is C23H19ClF3N5O2. The summed E-state index contributed by atoms with van der Waals surface area (Å²) in [4.78, 5) is 26.0. The molecule has 1 N–H and O–H groups in total. The van der Waals surface area contributed by atoms with Crippen LogP contribution in [0.25, 0.3) is 16.6 Å². The highest BCUT2D eigenvalue weighted by Gasteiger charge is 2.31. The Morgan fingerprint density at radius 3 is 2.50 bits per heavy atom. The van der Waals surface area contributed by atoms with Crippen molar-refractivity contribution >= 4 is 34.1 Å². The van der Waals surface area contributed by atoms with Crippen molar-refractivity contribution < 1.29 is 18.0 Å². The average molecular weight is 490 g/mol. The zero-order valence-electron chi connectivity index (χ0n) is 18.1. The number of fused-ring (bicyclic) bond motifs is 1. The van der Waals surface area contributed by atoms with E-state index in [1.54, 1.807) is 30.5 Å². The number of carbonyl (C=O) groups excluding carboxylic acids is 1. The van der Waals surface area contributed by atoms with Crippen LogP contribution >= 0.6 is 11.6 Å². The van der Waals surface area contributed by atoms with Gasteiger partial charge in [-0.05, 0) is 36.2 Å². The third kappa shape index (κ3) is 4.54. The highest BCUT2D eigenvalue weighted by Crippen LogP contribution is 2.33. The predicted molar refractivity (Wildman–Crippen MR) is 122 cm³/mol. The van der Waals surface area contributed by atoms with Crippen molar-refractivity contribution in [2.75, 3.05) is 5.32 Å². The number of benzene rings is 2. The summed E-state index contributed by atoms with van der Waals surface area (Å²) < 4.78 is 41.6. The summed E-state index contributed by atoms with van der Waals surface area (Å²) >= 11 is 5.97. The molecule has 2 aromatic heterocycles. The molecule has 7 nitrogen and oxygen atoms in total. The first-order valence-electron chi connectivity index (χ1n) is 10.3. The van der Waals surface area contributed by atoms with Gasteiger partial charge in [-0.3, -0.25) is 9.59 Å². The van der Waals surface area contributed by atoms with Gasteiger partial charge in [0.05, 0.1) is 33.9 Å². The Balaban J connectivity index is 1.73. The van der Waals surface area contributed by atoms with E-state index in [0.717, 1.165) is 22.9 Å². The van der Waals surface area contributed by atoms with E-state index in [-0.39, 0.29) is 22.1 Å². The van der Waals surface area contributed by atoms with E-state index in [1.165, 1.54) is 4.68 Å². The number of nitrogens with one attached hydrogen (secondary N) is 1. The average Bonchev–Trinajstić information content (AvgIpc) is 3.22. The molecule has 0 radical (unpaired) electrons. The minimum atomic E-state index is -4.60. The molecule has 0 saturated carbocycles. The molecule has 0 unspecified atom stereocenters. The van der Waals surface area contributed by atoms with Gasteiger partial charge in [-0.25, -0.2) is 9.36 Å². The van der Waals surface area contributed by atoms with Gasteiger partial charge in [0.2, 0.25) is 5.91 Å². The summed E-state index contributed by atoms with van der Waals surface area (Å²) in [5.41, 5.74) is -0.281. The van der Waals surface area contributed by atoms with E-state index in [1.807, 2.05) is 19.9 Å². The number of hydrogen-bond acceptors (Lipinski definition) is 4. The Kier molecular flexibility index (Phi) is 6.18. The minimum absolute atomic E-state index is 0.0675. The number of nitrogens with zero attached hydrogens (tertiary/aromatic N) is 4. The predicted octanol–water partition coefficient (Wildman–Crippen LogP) is 5.02. The molecule has 0 spiro atoms. The van der Waals surface area contributed by atoms with Crippen LogP contribution in [0.15, 0.2) is 59.5 Å². The number of carbonyl (C=O) groups is 1. The van der Waals surface area contributed by atoms with E-state index >= 15 is 0 Å². The molecule has 0 fully saturated rings. The Bertz CT molecular complexity index is 1430. The smallest absolute Gasteiger partial charge is 0.323 e. The molecule has 0 atom stereocenters. The normalized spacial score (nSPS) is 11.9. The van der Waals surface area contributed by atoms with Crippen LogP contribution < -0.4 is 10.9 Å². The highest BCUT2D eigenvalue weighted by atomic mass is 35.5. The van der Waals surface area contributed by atoms with Crippen LogP contribution in [-0.4, -0.2) is 25.5 Å². The number of anilines is 1. The number of rotatable bonds is 5. The van der Waals surface area contributed by atoms with Gasteiger partial charge in [-0.1, -0.05) is 43.6 Å². The molecule has 2 heterocycles. The standard InChI is InChI=1S/C23H19ClF3N5O2/c1-13(2)20-16-11-28-32(15-6-4-3-5-7-15)21(16)22(34)31(30-20)12-19(33)29-18-10-14(23(25,26)27)8-9-17(18)24/h3-11,13H,12H2,1-2H3,(H,29,33). The molecule has 0 aliphatic rings. The van der Waals surface area contributed by atoms with Crippen LogP contribution in [-0.2, 0) is 17.5 Å². The number of aromatic nitrogens is 4. The van der Waals surface area contributed by atoms with Crippen LogP contribution in [0.1, 0.15) is 31.0 Å². The lowest BCUT2D eigenvalue weighted by molar-refractivity contribution is -0.137. The first-order valence-corrected chi connectivity index (χ1v) is 10.6. The van der Waals surface area contributed by atoms with Gasteiger partial charge < -0.3 is 5.32 Å². The van der Waals surface area contributed by atoms with Crippen LogP contribution in [0.5, 0.6) is 0 Å². The summed E-state index contributed by atoms with van der Waals surface area (Å²) in [7, 11) is 0. The fourth-order valence-corrected chi connectivity index (χ4v) is 3.68. The quantitative estimate of drug-likeness (QED) is 0.427. The minimum Gasteiger partial charge on any atom is -0.323 e. The van der Waals surface area contributed by atoms with E-state index in [0.29, 0.717) is 16.8 Å². The Labute approximate surface area is 196 Å². The Morgan fingerprint density at radius 2 is 1.85 bits per heavy atom. The zero-order chi connectivity index (χ0) is 24.6. The van der Waals surface area contributed by atoms with Crippen LogP contribution in [0, 0.1) is 0 Å². The molecule has 34 heavy (non-hydrogen) atoms. The van der Waals surface area contributed by atoms with Crippen molar-refractivity contribution in [2.24, 2.45) is 0 Å². The number of halogens is 4. The molecule has 0 aliphatic carbocycles. The molecule has 176 valence electrons. The summed E-state index contributed by atoms with van der Waals surface area (Å²) in [6.45, 7) is 3.25. The maximum atomic E-state index is 13.3. The summed E-state index contributed by atoms with van der Waals surface area (Å²) in [6.07, 6.45) is -3.05. The summed E-state index contributed by atoms with van der Waals surface area (Å²) in [5, 5.41) is 11.5.